The van der Waals surface area contributed by atoms with Crippen LogP contribution in [0.3, 0.4) is 0 Å². The zero-order valence-electron chi connectivity index (χ0n) is 40.1. The lowest BCUT2D eigenvalue weighted by Crippen LogP contribution is -2.69. The monoisotopic (exact) mass is 918 g/mol. The number of unbranched alkanes of at least 4 members (excludes halogenated alkanes) is 11. The normalized spacial score (nSPS) is 22.3. The lowest BCUT2D eigenvalue weighted by Gasteiger charge is -2.59. The molecule has 0 radical (unpaired) electrons. The van der Waals surface area contributed by atoms with E-state index in [1.54, 1.807) is 24.1 Å². The van der Waals surface area contributed by atoms with E-state index in [1.165, 1.54) is 44.9 Å². The molecule has 6 unspecified atom stereocenters. The topological polar surface area (TPSA) is 158 Å². The van der Waals surface area contributed by atoms with E-state index >= 15 is 0 Å². The van der Waals surface area contributed by atoms with Crippen LogP contribution in [0.1, 0.15) is 140 Å². The van der Waals surface area contributed by atoms with Crippen molar-refractivity contribution in [3.63, 3.8) is 0 Å². The molecule has 13 heteroatoms. The average Bonchev–Trinajstić information content (AvgIpc) is 3.33. The van der Waals surface area contributed by atoms with E-state index in [1.807, 2.05) is 49.4 Å². The van der Waals surface area contributed by atoms with Crippen molar-refractivity contribution in [2.45, 2.75) is 147 Å². The van der Waals surface area contributed by atoms with Gasteiger partial charge >= 0.3 is 12.2 Å². The van der Waals surface area contributed by atoms with Gasteiger partial charge in [0.2, 0.25) is 5.79 Å². The van der Waals surface area contributed by atoms with Crippen LogP contribution in [0.15, 0.2) is 78.0 Å². The van der Waals surface area contributed by atoms with E-state index in [9.17, 15) is 19.8 Å². The van der Waals surface area contributed by atoms with Crippen molar-refractivity contribution in [2.75, 3.05) is 53.2 Å². The molecule has 2 aromatic rings. The van der Waals surface area contributed by atoms with Crippen molar-refractivity contribution in [1.82, 2.24) is 10.2 Å². The van der Waals surface area contributed by atoms with E-state index in [0.29, 0.717) is 49.8 Å². The quantitative estimate of drug-likeness (QED) is 0.0378. The first-order valence-corrected chi connectivity index (χ1v) is 25.0. The Labute approximate surface area is 394 Å². The van der Waals surface area contributed by atoms with Gasteiger partial charge in [0.1, 0.15) is 30.8 Å². The number of likely N-dealkylation sites (N-methyl/N-ethyl adjacent to an activating group) is 1. The SMILES string of the molecule is C=CCOC12Oc3ccc(OC(=O)NCCCCCCCCCCCC)cc3C3C(CCCCO)C(CCCCO)C=C(C(=NOCC)CC1N(C)C(=O)OCCOCc1ccccc1)C32. The smallest absolute Gasteiger partial charge is 0.412 e. The third-order valence-electron chi connectivity index (χ3n) is 13.3. The standard InChI is InChI=1S/C53H79N3O10/c1-5-8-9-10-11-12-13-14-15-21-30-54-51(59)65-42-28-29-47-45(37-42)49-43(27-20-23-32-58)41(26-19-22-31-57)36-44-46(55-64-7-3)38-48(53(66-47,50(44)49)63-33-6-2)56(4)52(60)62-35-34-61-39-40-24-17-16-18-25-40/h6,16-18,24-25,28-29,36-37,41,43,48-50,57-58H,2,5,7-15,19-23,26-27,30-35,38-39H2,1,3-4H3,(H,54,59). The molecule has 3 N–H and O–H groups in total. The number of oxime groups is 1. The Bertz CT molecular complexity index is 1820. The zero-order chi connectivity index (χ0) is 47.0. The maximum absolute atomic E-state index is 14.1. The predicted molar refractivity (Wildman–Crippen MR) is 258 cm³/mol. The Kier molecular flexibility index (Phi) is 22.8. The summed E-state index contributed by atoms with van der Waals surface area (Å²) in [5, 5.41) is 27.5. The number of nitrogens with one attached hydrogen (secondary N) is 1. The second-order valence-corrected chi connectivity index (χ2v) is 18.0. The fourth-order valence-corrected chi connectivity index (χ4v) is 10.1. The summed E-state index contributed by atoms with van der Waals surface area (Å²) < 4.78 is 31.8. The summed E-state index contributed by atoms with van der Waals surface area (Å²) in [5.74, 6) is -1.16. The molecule has 2 aliphatic carbocycles. The molecule has 66 heavy (non-hydrogen) atoms. The molecule has 6 atom stereocenters. The number of carbonyl (C=O) groups excluding carboxylic acids is 2. The minimum Gasteiger partial charge on any atom is -0.459 e. The van der Waals surface area contributed by atoms with Crippen LogP contribution in [0.5, 0.6) is 11.5 Å². The fourth-order valence-electron chi connectivity index (χ4n) is 10.1. The molecule has 0 saturated heterocycles. The summed E-state index contributed by atoms with van der Waals surface area (Å²) >= 11 is 0. The van der Waals surface area contributed by atoms with Gasteiger partial charge in [0.25, 0.3) is 0 Å². The maximum atomic E-state index is 14.1. The van der Waals surface area contributed by atoms with Crippen molar-refractivity contribution in [3.05, 3.63) is 84.0 Å². The summed E-state index contributed by atoms with van der Waals surface area (Å²) in [7, 11) is 1.70. The molecule has 366 valence electrons. The number of hydrogen-bond donors (Lipinski definition) is 3. The number of rotatable bonds is 31. The van der Waals surface area contributed by atoms with Crippen LogP contribution in [0.2, 0.25) is 0 Å². The summed E-state index contributed by atoms with van der Waals surface area (Å²) in [4.78, 5) is 34.7. The summed E-state index contributed by atoms with van der Waals surface area (Å²) in [6.45, 7) is 9.96. The number of nitrogens with zero attached hydrogens (tertiary/aromatic N) is 2. The molecule has 1 saturated carbocycles. The minimum atomic E-state index is -1.43. The van der Waals surface area contributed by atoms with Crippen molar-refractivity contribution < 1.29 is 48.3 Å². The number of ether oxygens (including phenoxy) is 5. The Hall–Kier alpha value is -4.43. The van der Waals surface area contributed by atoms with Gasteiger partial charge in [0, 0.05) is 44.7 Å². The first kappa shape index (κ1) is 52.5. The second kappa shape index (κ2) is 28.7. The summed E-state index contributed by atoms with van der Waals surface area (Å²) in [6, 6.07) is 14.6. The summed E-state index contributed by atoms with van der Waals surface area (Å²) in [6.07, 6.45) is 19.8. The number of aliphatic hydroxyl groups is 2. The largest absolute Gasteiger partial charge is 0.459 e. The lowest BCUT2D eigenvalue weighted by atomic mass is 9.55. The first-order valence-electron chi connectivity index (χ1n) is 25.0. The molecule has 2 amide bonds. The van der Waals surface area contributed by atoms with Crippen LogP contribution in [0, 0.1) is 17.8 Å². The second-order valence-electron chi connectivity index (χ2n) is 18.0. The van der Waals surface area contributed by atoms with Gasteiger partial charge in [-0.15, -0.1) is 6.58 Å². The number of allylic oxidation sites excluding steroid dienone is 1. The molecular formula is C53H79N3O10. The Morgan fingerprint density at radius 2 is 1.62 bits per heavy atom. The molecule has 1 aliphatic heterocycles. The number of benzene rings is 2. The highest BCUT2D eigenvalue weighted by molar-refractivity contribution is 6.03. The average molecular weight is 918 g/mol. The van der Waals surface area contributed by atoms with E-state index in [0.717, 1.165) is 61.6 Å². The number of hydrogen-bond acceptors (Lipinski definition) is 11. The van der Waals surface area contributed by atoms with Crippen LogP contribution in [0.4, 0.5) is 9.59 Å². The van der Waals surface area contributed by atoms with Gasteiger partial charge < -0.3 is 49.0 Å². The highest BCUT2D eigenvalue weighted by atomic mass is 16.7. The van der Waals surface area contributed by atoms with Crippen LogP contribution >= 0.6 is 0 Å². The van der Waals surface area contributed by atoms with E-state index in [2.05, 4.69) is 24.9 Å². The van der Waals surface area contributed by atoms with E-state index < -0.39 is 29.9 Å². The number of carbonyl (C=O) groups is 2. The lowest BCUT2D eigenvalue weighted by molar-refractivity contribution is -0.253. The summed E-state index contributed by atoms with van der Waals surface area (Å²) in [5.41, 5.74) is 3.50. The molecule has 2 aromatic carbocycles. The molecule has 1 heterocycles. The van der Waals surface area contributed by atoms with Crippen molar-refractivity contribution in [2.24, 2.45) is 22.9 Å². The van der Waals surface area contributed by atoms with Crippen LogP contribution in [0.25, 0.3) is 0 Å². The van der Waals surface area contributed by atoms with Gasteiger partial charge in [-0.2, -0.15) is 0 Å². The molecule has 5 rings (SSSR count). The van der Waals surface area contributed by atoms with Gasteiger partial charge in [-0.3, -0.25) is 0 Å². The number of aliphatic hydroxyl groups excluding tert-OH is 2. The Morgan fingerprint density at radius 3 is 2.32 bits per heavy atom. The van der Waals surface area contributed by atoms with E-state index in [-0.39, 0.29) is 57.2 Å². The Morgan fingerprint density at radius 1 is 0.909 bits per heavy atom. The maximum Gasteiger partial charge on any atom is 0.412 e. The minimum absolute atomic E-state index is 0.0184. The highest BCUT2D eigenvalue weighted by Crippen LogP contribution is 2.61. The molecular weight excluding hydrogens is 839 g/mol. The van der Waals surface area contributed by atoms with Gasteiger partial charge in [0.15, 0.2) is 0 Å². The number of fused-ring (bicyclic) bond motifs is 2. The van der Waals surface area contributed by atoms with Crippen LogP contribution < -0.4 is 14.8 Å². The highest BCUT2D eigenvalue weighted by Gasteiger charge is 2.65. The van der Waals surface area contributed by atoms with Gasteiger partial charge in [-0.05, 0) is 80.2 Å². The molecule has 0 spiro atoms. The molecule has 0 aromatic heterocycles. The fraction of sp³-hybridized carbons (Fsp3) is 0.642. The molecule has 3 aliphatic rings. The molecule has 1 fully saturated rings. The van der Waals surface area contributed by atoms with Gasteiger partial charge in [-0.1, -0.05) is 125 Å². The third kappa shape index (κ3) is 14.8. The van der Waals surface area contributed by atoms with Crippen LogP contribution in [-0.2, 0) is 25.7 Å². The predicted octanol–water partition coefficient (Wildman–Crippen LogP) is 10.6. The van der Waals surface area contributed by atoms with Crippen LogP contribution in [-0.4, -0.2) is 98.1 Å². The third-order valence-corrected chi connectivity index (χ3v) is 13.3. The first-order chi connectivity index (χ1) is 32.3. The van der Waals surface area contributed by atoms with Crippen molar-refractivity contribution >= 4 is 17.9 Å². The molecule has 0 bridgehead atoms. The molecule has 13 nitrogen and oxygen atoms in total. The van der Waals surface area contributed by atoms with Crippen molar-refractivity contribution in [1.29, 1.82) is 0 Å². The van der Waals surface area contributed by atoms with Gasteiger partial charge in [-0.25, -0.2) is 9.59 Å². The number of amides is 2. The van der Waals surface area contributed by atoms with Crippen molar-refractivity contribution in [3.8, 4) is 11.5 Å². The van der Waals surface area contributed by atoms with E-state index in [4.69, 9.17) is 33.7 Å². The Balaban J connectivity index is 1.44. The zero-order valence-corrected chi connectivity index (χ0v) is 40.1. The van der Waals surface area contributed by atoms with Gasteiger partial charge in [0.05, 0.1) is 31.5 Å².